The number of ether oxygens (including phenoxy) is 1. The monoisotopic (exact) mass is 250 g/mol. The van der Waals surface area contributed by atoms with Crippen molar-refractivity contribution in [3.05, 3.63) is 42.7 Å². The molecule has 0 unspecified atom stereocenters. The fraction of sp³-hybridized carbons (Fsp3) is 0.308. The predicted octanol–water partition coefficient (Wildman–Crippen LogP) is 2.81. The molecule has 1 aromatic carbocycles. The zero-order chi connectivity index (χ0) is 11.9. The smallest absolute Gasteiger partial charge is 0.0663 e. The molecule has 0 saturated carbocycles. The van der Waals surface area contributed by atoms with Crippen LogP contribution in [0.1, 0.15) is 0 Å². The molecule has 17 heavy (non-hydrogen) atoms. The predicted molar refractivity (Wildman–Crippen MR) is 69.2 cm³/mol. The maximum atomic E-state index is 5.52. The van der Waals surface area contributed by atoms with Gasteiger partial charge in [0.1, 0.15) is 0 Å². The van der Waals surface area contributed by atoms with Gasteiger partial charge in [0.15, 0.2) is 0 Å². The summed E-state index contributed by atoms with van der Waals surface area (Å²) < 4.78 is 7.19. The Bertz CT molecular complexity index is 442. The normalized spacial score (nSPS) is 10.6. The SMILES string of the molecule is ClCCOCCn1cc(-c2ccccc2)cn1. The van der Waals surface area contributed by atoms with Crippen LogP contribution in [0, 0.1) is 0 Å². The van der Waals surface area contributed by atoms with Crippen molar-refractivity contribution in [2.45, 2.75) is 6.54 Å². The van der Waals surface area contributed by atoms with E-state index in [-0.39, 0.29) is 0 Å². The second kappa shape index (κ2) is 6.42. The standard InChI is InChI=1S/C13H15ClN2O/c14-6-8-17-9-7-16-11-13(10-15-16)12-4-2-1-3-5-12/h1-5,10-11H,6-9H2. The second-order valence-electron chi connectivity index (χ2n) is 3.66. The summed E-state index contributed by atoms with van der Waals surface area (Å²) in [5, 5.41) is 4.29. The third-order valence-electron chi connectivity index (χ3n) is 2.43. The summed E-state index contributed by atoms with van der Waals surface area (Å²) in [4.78, 5) is 0. The Kier molecular flexibility index (Phi) is 4.59. The van der Waals surface area contributed by atoms with Crippen molar-refractivity contribution >= 4 is 11.6 Å². The van der Waals surface area contributed by atoms with E-state index in [0.29, 0.717) is 19.1 Å². The number of nitrogens with zero attached hydrogens (tertiary/aromatic N) is 2. The first-order valence-electron chi connectivity index (χ1n) is 5.62. The molecule has 1 heterocycles. The minimum atomic E-state index is 0.536. The van der Waals surface area contributed by atoms with Crippen molar-refractivity contribution < 1.29 is 4.74 Å². The van der Waals surface area contributed by atoms with Crippen LogP contribution in [-0.4, -0.2) is 28.9 Å². The zero-order valence-corrected chi connectivity index (χ0v) is 10.3. The van der Waals surface area contributed by atoms with Gasteiger partial charge in [0.05, 0.1) is 26.0 Å². The van der Waals surface area contributed by atoms with Gasteiger partial charge < -0.3 is 4.74 Å². The van der Waals surface area contributed by atoms with Crippen LogP contribution >= 0.6 is 11.6 Å². The van der Waals surface area contributed by atoms with E-state index in [1.807, 2.05) is 35.3 Å². The van der Waals surface area contributed by atoms with Gasteiger partial charge in [-0.15, -0.1) is 11.6 Å². The van der Waals surface area contributed by atoms with E-state index in [2.05, 4.69) is 17.2 Å². The van der Waals surface area contributed by atoms with Crippen molar-refractivity contribution in [1.29, 1.82) is 0 Å². The van der Waals surface area contributed by atoms with Crippen molar-refractivity contribution in [1.82, 2.24) is 9.78 Å². The molecule has 0 aliphatic heterocycles. The van der Waals surface area contributed by atoms with E-state index < -0.39 is 0 Å². The van der Waals surface area contributed by atoms with Gasteiger partial charge in [-0.2, -0.15) is 5.10 Å². The summed E-state index contributed by atoms with van der Waals surface area (Å²) in [6.45, 7) is 1.99. The molecule has 0 saturated heterocycles. The van der Waals surface area contributed by atoms with Gasteiger partial charge in [0.25, 0.3) is 0 Å². The van der Waals surface area contributed by atoms with Crippen molar-refractivity contribution in [3.8, 4) is 11.1 Å². The second-order valence-corrected chi connectivity index (χ2v) is 4.04. The molecule has 0 N–H and O–H groups in total. The van der Waals surface area contributed by atoms with Crippen LogP contribution in [0.15, 0.2) is 42.7 Å². The van der Waals surface area contributed by atoms with Gasteiger partial charge in [-0.3, -0.25) is 4.68 Å². The molecule has 0 fully saturated rings. The van der Waals surface area contributed by atoms with Gasteiger partial charge in [-0.1, -0.05) is 30.3 Å². The molecule has 1 aromatic heterocycles. The van der Waals surface area contributed by atoms with Crippen LogP contribution in [0.5, 0.6) is 0 Å². The molecule has 0 radical (unpaired) electrons. The highest BCUT2D eigenvalue weighted by molar-refractivity contribution is 6.17. The van der Waals surface area contributed by atoms with Crippen LogP contribution in [-0.2, 0) is 11.3 Å². The van der Waals surface area contributed by atoms with Crippen molar-refractivity contribution in [2.24, 2.45) is 0 Å². The Hall–Kier alpha value is -1.32. The lowest BCUT2D eigenvalue weighted by molar-refractivity contribution is 0.138. The molecule has 0 amide bonds. The molecule has 90 valence electrons. The molecular weight excluding hydrogens is 236 g/mol. The Morgan fingerprint density at radius 1 is 1.12 bits per heavy atom. The van der Waals surface area contributed by atoms with Gasteiger partial charge >= 0.3 is 0 Å². The third-order valence-corrected chi connectivity index (χ3v) is 2.58. The average molecular weight is 251 g/mol. The molecule has 2 aromatic rings. The van der Waals surface area contributed by atoms with Crippen LogP contribution < -0.4 is 0 Å². The van der Waals surface area contributed by atoms with Crippen LogP contribution in [0.4, 0.5) is 0 Å². The summed E-state index contributed by atoms with van der Waals surface area (Å²) in [7, 11) is 0. The largest absolute Gasteiger partial charge is 0.378 e. The molecule has 3 nitrogen and oxygen atoms in total. The lowest BCUT2D eigenvalue weighted by Gasteiger charge is -2.01. The molecule has 4 heteroatoms. The maximum absolute atomic E-state index is 5.52. The minimum Gasteiger partial charge on any atom is -0.378 e. The molecule has 0 atom stereocenters. The highest BCUT2D eigenvalue weighted by atomic mass is 35.5. The van der Waals surface area contributed by atoms with E-state index in [1.54, 1.807) is 0 Å². The molecule has 0 spiro atoms. The van der Waals surface area contributed by atoms with Crippen molar-refractivity contribution in [2.75, 3.05) is 19.1 Å². The number of rotatable bonds is 6. The summed E-state index contributed by atoms with van der Waals surface area (Å²) >= 11 is 5.52. The Morgan fingerprint density at radius 3 is 2.71 bits per heavy atom. The first-order chi connectivity index (χ1) is 8.40. The number of aromatic nitrogens is 2. The molecule has 0 aliphatic rings. The molecule has 0 aliphatic carbocycles. The quantitative estimate of drug-likeness (QED) is 0.582. The van der Waals surface area contributed by atoms with E-state index >= 15 is 0 Å². The number of alkyl halides is 1. The number of hydrogen-bond donors (Lipinski definition) is 0. The first-order valence-corrected chi connectivity index (χ1v) is 6.15. The van der Waals surface area contributed by atoms with E-state index in [4.69, 9.17) is 16.3 Å². The third kappa shape index (κ3) is 3.58. The number of hydrogen-bond acceptors (Lipinski definition) is 2. The molecule has 2 rings (SSSR count). The van der Waals surface area contributed by atoms with Gasteiger partial charge in [-0.05, 0) is 5.56 Å². The average Bonchev–Trinajstić information content (AvgIpc) is 2.85. The van der Waals surface area contributed by atoms with Crippen molar-refractivity contribution in [3.63, 3.8) is 0 Å². The van der Waals surface area contributed by atoms with E-state index in [0.717, 1.165) is 12.1 Å². The zero-order valence-electron chi connectivity index (χ0n) is 9.55. The fourth-order valence-corrected chi connectivity index (χ4v) is 1.69. The Balaban J connectivity index is 1.92. The summed E-state index contributed by atoms with van der Waals surface area (Å²) in [5.74, 6) is 0.536. The highest BCUT2D eigenvalue weighted by Crippen LogP contribution is 2.17. The fourth-order valence-electron chi connectivity index (χ4n) is 1.58. The summed E-state index contributed by atoms with van der Waals surface area (Å²) in [6, 6.07) is 10.2. The van der Waals surface area contributed by atoms with Crippen LogP contribution in [0.2, 0.25) is 0 Å². The van der Waals surface area contributed by atoms with E-state index in [1.165, 1.54) is 5.56 Å². The Labute approximate surface area is 106 Å². The molecular formula is C13H15ClN2O. The number of benzene rings is 1. The lowest BCUT2D eigenvalue weighted by atomic mass is 10.1. The van der Waals surface area contributed by atoms with Gasteiger partial charge in [0, 0.05) is 17.6 Å². The maximum Gasteiger partial charge on any atom is 0.0663 e. The first kappa shape index (κ1) is 12.1. The van der Waals surface area contributed by atoms with E-state index in [9.17, 15) is 0 Å². The summed E-state index contributed by atoms with van der Waals surface area (Å²) in [6.07, 6.45) is 3.90. The van der Waals surface area contributed by atoms with Crippen LogP contribution in [0.3, 0.4) is 0 Å². The van der Waals surface area contributed by atoms with Gasteiger partial charge in [0.2, 0.25) is 0 Å². The Morgan fingerprint density at radius 2 is 1.94 bits per heavy atom. The van der Waals surface area contributed by atoms with Crippen LogP contribution in [0.25, 0.3) is 11.1 Å². The molecule has 0 bridgehead atoms. The lowest BCUT2D eigenvalue weighted by Crippen LogP contribution is -2.07. The highest BCUT2D eigenvalue weighted by Gasteiger charge is 2.00. The minimum absolute atomic E-state index is 0.536. The topological polar surface area (TPSA) is 27.1 Å². The van der Waals surface area contributed by atoms with Gasteiger partial charge in [-0.25, -0.2) is 0 Å². The summed E-state index contributed by atoms with van der Waals surface area (Å²) in [5.41, 5.74) is 2.31. The number of halogens is 1.